The predicted octanol–water partition coefficient (Wildman–Crippen LogP) is 2.53. The molecule has 6 heteroatoms. The van der Waals surface area contributed by atoms with E-state index in [9.17, 15) is 14.7 Å². The second-order valence-corrected chi connectivity index (χ2v) is 7.84. The third kappa shape index (κ3) is 3.06. The van der Waals surface area contributed by atoms with E-state index in [4.69, 9.17) is 4.74 Å². The maximum Gasteiger partial charge on any atom is 0.193 e. The van der Waals surface area contributed by atoms with E-state index in [0.29, 0.717) is 12.0 Å². The van der Waals surface area contributed by atoms with E-state index in [1.165, 1.54) is 0 Å². The fourth-order valence-corrected chi connectivity index (χ4v) is 3.90. The molecule has 1 aliphatic heterocycles. The summed E-state index contributed by atoms with van der Waals surface area (Å²) in [5.41, 5.74) is 0.662. The molecule has 4 nitrogen and oxygen atoms in total. The number of aliphatic hydroxyl groups excluding tert-OH is 1. The number of hydrogen-bond donors (Lipinski definition) is 1. The first kappa shape index (κ1) is 15.9. The van der Waals surface area contributed by atoms with E-state index < -0.39 is 18.8 Å². The van der Waals surface area contributed by atoms with Gasteiger partial charge in [0.15, 0.2) is 23.8 Å². The molecule has 0 spiro atoms. The van der Waals surface area contributed by atoms with Crippen LogP contribution < -0.4 is 0 Å². The van der Waals surface area contributed by atoms with Crippen LogP contribution in [0.5, 0.6) is 0 Å². The Balaban J connectivity index is 1.74. The smallest absolute Gasteiger partial charge is 0.193 e. The molecule has 1 fully saturated rings. The summed E-state index contributed by atoms with van der Waals surface area (Å²) in [5.74, 6) is -0.375. The highest BCUT2D eigenvalue weighted by atomic mass is 79.9. The average molecular weight is 383 g/mol. The van der Waals surface area contributed by atoms with Crippen LogP contribution >= 0.6 is 27.7 Å². The van der Waals surface area contributed by atoms with Crippen molar-refractivity contribution in [3.05, 3.63) is 39.9 Å². The highest BCUT2D eigenvalue weighted by Gasteiger charge is 2.55. The molecule has 22 heavy (non-hydrogen) atoms. The monoisotopic (exact) mass is 382 g/mol. The number of halogens is 1. The lowest BCUT2D eigenvalue weighted by Gasteiger charge is -2.18. The summed E-state index contributed by atoms with van der Waals surface area (Å²) in [6.45, 7) is 1.61. The number of Topliss-reactive ketones (excluding diaryl/α,β-unsaturated/α-hetero) is 2. The molecule has 1 heterocycles. The molecule has 0 radical (unpaired) electrons. The molecule has 1 aliphatic carbocycles. The molecule has 3 atom stereocenters. The van der Waals surface area contributed by atoms with Crippen LogP contribution in [0.3, 0.4) is 0 Å². The number of fused-ring (bicyclic) bond motifs is 1. The minimum absolute atomic E-state index is 0.116. The van der Waals surface area contributed by atoms with E-state index in [1.807, 2.05) is 31.2 Å². The normalized spacial score (nSPS) is 25.2. The molecule has 1 aromatic carbocycles. The number of carbonyl (C=O) groups is 2. The number of carbonyl (C=O) groups excluding carboxylic acids is 2. The van der Waals surface area contributed by atoms with Crippen molar-refractivity contribution in [2.45, 2.75) is 35.7 Å². The summed E-state index contributed by atoms with van der Waals surface area (Å²) < 4.78 is 6.13. The van der Waals surface area contributed by atoms with Crippen LogP contribution in [0.4, 0.5) is 0 Å². The second kappa shape index (κ2) is 6.28. The summed E-state index contributed by atoms with van der Waals surface area (Å²) in [5, 5.41) is 9.54. The third-order valence-electron chi connectivity index (χ3n) is 3.77. The molecule has 0 amide bonds. The van der Waals surface area contributed by atoms with E-state index in [-0.39, 0.29) is 22.4 Å². The largest absolute Gasteiger partial charge is 0.392 e. The maximum absolute atomic E-state index is 12.3. The Bertz CT molecular complexity index is 653. The van der Waals surface area contributed by atoms with Gasteiger partial charge in [0.25, 0.3) is 0 Å². The molecule has 1 saturated heterocycles. The first-order valence-corrected chi connectivity index (χ1v) is 8.67. The molecule has 1 N–H and O–H groups in total. The fourth-order valence-electron chi connectivity index (χ4n) is 2.62. The number of benzene rings is 1. The molecule has 1 unspecified atom stereocenters. The lowest BCUT2D eigenvalue weighted by Crippen LogP contribution is -2.30. The van der Waals surface area contributed by atoms with Gasteiger partial charge in [-0.05, 0) is 30.7 Å². The Kier molecular flexibility index (Phi) is 4.54. The van der Waals surface area contributed by atoms with E-state index in [0.717, 1.165) is 9.37 Å². The fraction of sp³-hybridized carbons (Fsp3) is 0.375. The zero-order valence-corrected chi connectivity index (χ0v) is 14.3. The zero-order valence-electron chi connectivity index (χ0n) is 11.9. The summed E-state index contributed by atoms with van der Waals surface area (Å²) in [6, 6.07) is 7.93. The minimum Gasteiger partial charge on any atom is -0.392 e. The van der Waals surface area contributed by atoms with Gasteiger partial charge in [-0.25, -0.2) is 0 Å². The number of ketones is 2. The number of aliphatic hydroxyl groups is 1. The molecule has 0 bridgehead atoms. The van der Waals surface area contributed by atoms with E-state index in [1.54, 1.807) is 11.8 Å². The van der Waals surface area contributed by atoms with Crippen LogP contribution in [0.25, 0.3) is 0 Å². The number of rotatable bonds is 5. The van der Waals surface area contributed by atoms with Crippen molar-refractivity contribution in [2.75, 3.05) is 6.61 Å². The molecule has 116 valence electrons. The van der Waals surface area contributed by atoms with Crippen LogP contribution in [0, 0.1) is 0 Å². The second-order valence-electron chi connectivity index (χ2n) is 5.41. The van der Waals surface area contributed by atoms with Gasteiger partial charge in [0.05, 0.1) is 6.61 Å². The zero-order chi connectivity index (χ0) is 15.9. The highest BCUT2D eigenvalue weighted by Crippen LogP contribution is 2.38. The van der Waals surface area contributed by atoms with Gasteiger partial charge >= 0.3 is 0 Å². The first-order valence-electron chi connectivity index (χ1n) is 7.00. The van der Waals surface area contributed by atoms with Crippen molar-refractivity contribution in [3.8, 4) is 0 Å². The molecule has 3 rings (SSSR count). The Morgan fingerprint density at radius 1 is 1.18 bits per heavy atom. The number of epoxide rings is 1. The van der Waals surface area contributed by atoms with Gasteiger partial charge in [0, 0.05) is 25.8 Å². The number of thioether (sulfide) groups is 1. The van der Waals surface area contributed by atoms with Crippen molar-refractivity contribution in [1.29, 1.82) is 0 Å². The van der Waals surface area contributed by atoms with Crippen LogP contribution in [0.2, 0.25) is 0 Å². The quantitative estimate of drug-likeness (QED) is 0.625. The van der Waals surface area contributed by atoms with Crippen LogP contribution in [0.1, 0.15) is 13.3 Å². The third-order valence-corrected chi connectivity index (χ3v) is 5.41. The average Bonchev–Trinajstić information content (AvgIpc) is 3.28. The summed E-state index contributed by atoms with van der Waals surface area (Å²) >= 11 is 5.03. The Labute approximate surface area is 141 Å². The molecule has 0 aromatic heterocycles. The number of hydrogen-bond acceptors (Lipinski definition) is 5. The molecule has 1 aromatic rings. The van der Waals surface area contributed by atoms with Gasteiger partial charge in [0.2, 0.25) is 0 Å². The lowest BCUT2D eigenvalue weighted by atomic mass is 9.87. The van der Waals surface area contributed by atoms with Crippen molar-refractivity contribution in [2.24, 2.45) is 0 Å². The van der Waals surface area contributed by atoms with Gasteiger partial charge in [0.1, 0.15) is 0 Å². The van der Waals surface area contributed by atoms with Crippen molar-refractivity contribution >= 4 is 39.3 Å². The molecule has 2 aliphatic rings. The van der Waals surface area contributed by atoms with Crippen molar-refractivity contribution in [1.82, 2.24) is 0 Å². The Morgan fingerprint density at radius 2 is 1.77 bits per heavy atom. The van der Waals surface area contributed by atoms with Gasteiger partial charge in [-0.3, -0.25) is 9.59 Å². The van der Waals surface area contributed by atoms with Crippen LogP contribution in [0.15, 0.2) is 44.8 Å². The van der Waals surface area contributed by atoms with Gasteiger partial charge in [-0.15, -0.1) is 11.8 Å². The van der Waals surface area contributed by atoms with Crippen LogP contribution in [-0.2, 0) is 14.3 Å². The maximum atomic E-state index is 12.3. The molecule has 0 saturated carbocycles. The SMILES string of the molecule is CC(CC1=C(CO)C(=O)[C@H]2O[C@H]2C1=O)Sc1ccc(Br)cc1. The van der Waals surface area contributed by atoms with E-state index >= 15 is 0 Å². The van der Waals surface area contributed by atoms with Gasteiger partial charge in [-0.1, -0.05) is 22.9 Å². The van der Waals surface area contributed by atoms with Gasteiger partial charge in [-0.2, -0.15) is 0 Å². The highest BCUT2D eigenvalue weighted by molar-refractivity contribution is 9.10. The summed E-state index contributed by atoms with van der Waals surface area (Å²) in [7, 11) is 0. The van der Waals surface area contributed by atoms with Crippen LogP contribution in [-0.4, -0.2) is 40.7 Å². The van der Waals surface area contributed by atoms with Crippen molar-refractivity contribution < 1.29 is 19.4 Å². The minimum atomic E-state index is -0.646. The topological polar surface area (TPSA) is 66.9 Å². The standard InChI is InChI=1S/C16H15BrO4S/c1-8(22-10-4-2-9(17)3-5-10)6-11-12(7-18)14(20)16-15(21-16)13(11)19/h2-5,8,15-16,18H,6-7H2,1H3/t8?,15-,16+/m0/s1. The lowest BCUT2D eigenvalue weighted by molar-refractivity contribution is -0.120. The predicted molar refractivity (Wildman–Crippen MR) is 86.9 cm³/mol. The Hall–Kier alpha value is -0.950. The summed E-state index contributed by atoms with van der Waals surface area (Å²) in [6.07, 6.45) is -0.802. The van der Waals surface area contributed by atoms with Crippen molar-refractivity contribution in [3.63, 3.8) is 0 Å². The van der Waals surface area contributed by atoms with Gasteiger partial charge < -0.3 is 9.84 Å². The van der Waals surface area contributed by atoms with E-state index in [2.05, 4.69) is 15.9 Å². The number of ether oxygens (including phenoxy) is 1. The molecular weight excluding hydrogens is 368 g/mol. The first-order chi connectivity index (χ1) is 10.5. The summed E-state index contributed by atoms with van der Waals surface area (Å²) in [4.78, 5) is 25.4. The Morgan fingerprint density at radius 3 is 2.36 bits per heavy atom. The molecular formula is C16H15BrO4S.